The number of hydrogen-bond donors (Lipinski definition) is 1. The molecule has 1 atom stereocenters. The van der Waals surface area contributed by atoms with E-state index in [2.05, 4.69) is 5.32 Å². The normalized spacial score (nSPS) is 12.7. The Labute approximate surface area is 155 Å². The Morgan fingerprint density at radius 1 is 1.00 bits per heavy atom. The third kappa shape index (κ3) is 6.35. The highest BCUT2D eigenvalue weighted by molar-refractivity contribution is 5.98. The van der Waals surface area contributed by atoms with Crippen molar-refractivity contribution in [3.63, 3.8) is 0 Å². The van der Waals surface area contributed by atoms with Crippen LogP contribution in [0.25, 0.3) is 6.08 Å². The lowest BCUT2D eigenvalue weighted by Gasteiger charge is -2.32. The SMILES string of the molecule is CC(=O)N/C(=C\c1ccccc1)C(=O)OC(C)C(=O)N(C(C)C)C(C)C. The minimum Gasteiger partial charge on any atom is -0.448 e. The standard InChI is InChI=1S/C20H28N2O4/c1-13(2)22(14(3)4)19(24)15(5)26-20(25)18(21-16(6)23)12-17-10-8-7-9-11-17/h7-15H,1-6H3,(H,21,23)/b18-12-. The molecule has 1 aromatic carbocycles. The Balaban J connectivity index is 2.97. The van der Waals surface area contributed by atoms with Crippen LogP contribution in [0.2, 0.25) is 0 Å². The minimum atomic E-state index is -0.958. The molecule has 6 heteroatoms. The van der Waals surface area contributed by atoms with Crippen molar-refractivity contribution in [2.24, 2.45) is 0 Å². The van der Waals surface area contributed by atoms with Gasteiger partial charge in [-0.3, -0.25) is 9.59 Å². The molecular weight excluding hydrogens is 332 g/mol. The maximum Gasteiger partial charge on any atom is 0.355 e. The number of benzene rings is 1. The Morgan fingerprint density at radius 3 is 2.00 bits per heavy atom. The van der Waals surface area contributed by atoms with Crippen LogP contribution < -0.4 is 5.32 Å². The van der Waals surface area contributed by atoms with Gasteiger partial charge in [0, 0.05) is 19.0 Å². The number of carbonyl (C=O) groups is 3. The molecule has 26 heavy (non-hydrogen) atoms. The Bertz CT molecular complexity index is 658. The van der Waals surface area contributed by atoms with Crippen molar-refractivity contribution in [1.82, 2.24) is 10.2 Å². The predicted octanol–water partition coefficient (Wildman–Crippen LogP) is 2.74. The van der Waals surface area contributed by atoms with E-state index in [1.165, 1.54) is 19.9 Å². The van der Waals surface area contributed by atoms with Crippen LogP contribution in [0.5, 0.6) is 0 Å². The van der Waals surface area contributed by atoms with E-state index in [1.807, 2.05) is 45.9 Å². The topological polar surface area (TPSA) is 75.7 Å². The van der Waals surface area contributed by atoms with E-state index in [0.717, 1.165) is 5.56 Å². The van der Waals surface area contributed by atoms with E-state index < -0.39 is 18.0 Å². The van der Waals surface area contributed by atoms with Gasteiger partial charge >= 0.3 is 5.97 Å². The van der Waals surface area contributed by atoms with Gasteiger partial charge in [-0.25, -0.2) is 4.79 Å². The molecule has 0 radical (unpaired) electrons. The summed E-state index contributed by atoms with van der Waals surface area (Å²) < 4.78 is 5.32. The molecule has 1 aromatic rings. The fraction of sp³-hybridized carbons (Fsp3) is 0.450. The highest BCUT2D eigenvalue weighted by atomic mass is 16.5. The van der Waals surface area contributed by atoms with Crippen LogP contribution in [0.3, 0.4) is 0 Å². The van der Waals surface area contributed by atoms with Crippen LogP contribution in [0, 0.1) is 0 Å². The smallest absolute Gasteiger partial charge is 0.355 e. The van der Waals surface area contributed by atoms with Gasteiger partial charge in [0.05, 0.1) is 0 Å². The van der Waals surface area contributed by atoms with Crippen molar-refractivity contribution in [2.75, 3.05) is 0 Å². The number of esters is 1. The largest absolute Gasteiger partial charge is 0.448 e. The van der Waals surface area contributed by atoms with Gasteiger partial charge in [-0.2, -0.15) is 0 Å². The quantitative estimate of drug-likeness (QED) is 0.599. The molecule has 0 saturated heterocycles. The molecule has 0 aliphatic carbocycles. The lowest BCUT2D eigenvalue weighted by molar-refractivity contribution is -0.158. The second-order valence-corrected chi connectivity index (χ2v) is 6.63. The van der Waals surface area contributed by atoms with Crippen LogP contribution in [-0.4, -0.2) is 40.9 Å². The van der Waals surface area contributed by atoms with Crippen LogP contribution in [0.1, 0.15) is 47.1 Å². The number of carbonyl (C=O) groups excluding carboxylic acids is 3. The van der Waals surface area contributed by atoms with Crippen molar-refractivity contribution < 1.29 is 19.1 Å². The number of rotatable bonds is 7. The second kappa shape index (κ2) is 9.75. The molecule has 1 N–H and O–H groups in total. The molecule has 0 fully saturated rings. The number of nitrogens with zero attached hydrogens (tertiary/aromatic N) is 1. The third-order valence-electron chi connectivity index (χ3n) is 3.64. The third-order valence-corrected chi connectivity index (χ3v) is 3.64. The first-order valence-electron chi connectivity index (χ1n) is 8.71. The fourth-order valence-electron chi connectivity index (χ4n) is 2.64. The summed E-state index contributed by atoms with van der Waals surface area (Å²) in [5.41, 5.74) is 0.724. The van der Waals surface area contributed by atoms with Gasteiger partial charge in [0.15, 0.2) is 6.10 Å². The Kier molecular flexibility index (Phi) is 8.03. The molecule has 0 aromatic heterocycles. The lowest BCUT2D eigenvalue weighted by Crippen LogP contribution is -2.47. The summed E-state index contributed by atoms with van der Waals surface area (Å²) in [4.78, 5) is 38.2. The maximum absolute atomic E-state index is 12.6. The summed E-state index contributed by atoms with van der Waals surface area (Å²) >= 11 is 0. The van der Waals surface area contributed by atoms with Gasteiger partial charge in [0.2, 0.25) is 5.91 Å². The number of nitrogens with one attached hydrogen (secondary N) is 1. The molecule has 6 nitrogen and oxygen atoms in total. The molecule has 0 aliphatic heterocycles. The van der Waals surface area contributed by atoms with E-state index in [0.29, 0.717) is 0 Å². The molecule has 0 spiro atoms. The van der Waals surface area contributed by atoms with E-state index in [-0.39, 0.29) is 23.7 Å². The number of ether oxygens (including phenoxy) is 1. The maximum atomic E-state index is 12.6. The molecule has 0 heterocycles. The van der Waals surface area contributed by atoms with Crippen LogP contribution in [0.4, 0.5) is 0 Å². The molecular formula is C20H28N2O4. The number of amides is 2. The summed E-state index contributed by atoms with van der Waals surface area (Å²) in [6, 6.07) is 9.04. The van der Waals surface area contributed by atoms with E-state index in [4.69, 9.17) is 4.74 Å². The first-order chi connectivity index (χ1) is 12.1. The highest BCUT2D eigenvalue weighted by Crippen LogP contribution is 2.12. The predicted molar refractivity (Wildman–Crippen MR) is 101 cm³/mol. The zero-order valence-electron chi connectivity index (χ0n) is 16.3. The van der Waals surface area contributed by atoms with Gasteiger partial charge in [-0.1, -0.05) is 30.3 Å². The molecule has 0 saturated carbocycles. The monoisotopic (exact) mass is 360 g/mol. The molecule has 142 valence electrons. The summed E-state index contributed by atoms with van der Waals surface area (Å²) in [5, 5.41) is 2.47. The highest BCUT2D eigenvalue weighted by Gasteiger charge is 2.28. The summed E-state index contributed by atoms with van der Waals surface area (Å²) in [7, 11) is 0. The van der Waals surface area contributed by atoms with Crippen LogP contribution in [0.15, 0.2) is 36.0 Å². The van der Waals surface area contributed by atoms with Crippen LogP contribution in [-0.2, 0) is 19.1 Å². The van der Waals surface area contributed by atoms with E-state index >= 15 is 0 Å². The zero-order valence-corrected chi connectivity index (χ0v) is 16.3. The average molecular weight is 360 g/mol. The van der Waals surface area contributed by atoms with Gasteiger partial charge < -0.3 is 15.0 Å². The molecule has 0 bridgehead atoms. The first kappa shape index (κ1) is 21.4. The zero-order chi connectivity index (χ0) is 19.9. The van der Waals surface area contributed by atoms with Crippen molar-refractivity contribution >= 4 is 23.9 Å². The molecule has 2 amide bonds. The number of hydrogen-bond acceptors (Lipinski definition) is 4. The Hall–Kier alpha value is -2.63. The van der Waals surface area contributed by atoms with Crippen LogP contribution >= 0.6 is 0 Å². The summed E-state index contributed by atoms with van der Waals surface area (Å²) in [6.45, 7) is 10.5. The van der Waals surface area contributed by atoms with Crippen molar-refractivity contribution in [3.8, 4) is 0 Å². The Morgan fingerprint density at radius 2 is 1.54 bits per heavy atom. The van der Waals surface area contributed by atoms with E-state index in [9.17, 15) is 14.4 Å². The van der Waals surface area contributed by atoms with Gasteiger partial charge in [-0.05, 0) is 46.3 Å². The minimum absolute atomic E-state index is 0.0102. The molecule has 1 unspecified atom stereocenters. The van der Waals surface area contributed by atoms with Crippen molar-refractivity contribution in [1.29, 1.82) is 0 Å². The van der Waals surface area contributed by atoms with Crippen molar-refractivity contribution in [3.05, 3.63) is 41.6 Å². The van der Waals surface area contributed by atoms with Gasteiger partial charge in [0.1, 0.15) is 5.70 Å². The summed E-state index contributed by atoms with van der Waals surface area (Å²) in [5.74, 6) is -1.42. The average Bonchev–Trinajstić information content (AvgIpc) is 2.53. The molecule has 0 aliphatic rings. The fourth-order valence-corrected chi connectivity index (χ4v) is 2.64. The van der Waals surface area contributed by atoms with E-state index in [1.54, 1.807) is 17.0 Å². The van der Waals surface area contributed by atoms with Gasteiger partial charge in [0.25, 0.3) is 5.91 Å². The lowest BCUT2D eigenvalue weighted by atomic mass is 10.2. The first-order valence-corrected chi connectivity index (χ1v) is 8.71. The van der Waals surface area contributed by atoms with Crippen molar-refractivity contribution in [2.45, 2.75) is 59.7 Å². The molecule has 1 rings (SSSR count). The second-order valence-electron chi connectivity index (χ2n) is 6.63. The van der Waals surface area contributed by atoms with Gasteiger partial charge in [-0.15, -0.1) is 0 Å². The summed E-state index contributed by atoms with van der Waals surface area (Å²) in [6.07, 6.45) is 0.559.